The van der Waals surface area contributed by atoms with E-state index in [1.54, 1.807) is 0 Å². The number of rotatable bonds is 9. The van der Waals surface area contributed by atoms with E-state index in [-0.39, 0.29) is 19.1 Å². The lowest BCUT2D eigenvalue weighted by Gasteiger charge is -2.10. The summed E-state index contributed by atoms with van der Waals surface area (Å²) in [5.41, 5.74) is 0. The summed E-state index contributed by atoms with van der Waals surface area (Å²) in [7, 11) is 1.53. The largest absolute Gasteiger partial charge is 0.388 e. The lowest BCUT2D eigenvalue weighted by molar-refractivity contribution is -0.120. The Morgan fingerprint density at radius 3 is 2.80 bits per heavy atom. The molecule has 15 heavy (non-hydrogen) atoms. The lowest BCUT2D eigenvalue weighted by atomic mass is 10.4. The Hall–Kier alpha value is -0.650. The summed E-state index contributed by atoms with van der Waals surface area (Å²) < 4.78 is 9.92. The Labute approximate surface area is 90.8 Å². The fraction of sp³-hybridized carbons (Fsp3) is 0.900. The van der Waals surface area contributed by atoms with Gasteiger partial charge < -0.3 is 19.9 Å². The number of ether oxygens (including phenoxy) is 2. The molecule has 0 fully saturated rings. The first kappa shape index (κ1) is 14.3. The third-order valence-corrected chi connectivity index (χ3v) is 1.78. The minimum Gasteiger partial charge on any atom is -0.388 e. The van der Waals surface area contributed by atoms with Crippen molar-refractivity contribution in [2.45, 2.75) is 25.9 Å². The Morgan fingerprint density at radius 2 is 2.20 bits per heavy atom. The van der Waals surface area contributed by atoms with Crippen LogP contribution in [0.2, 0.25) is 0 Å². The van der Waals surface area contributed by atoms with Crippen molar-refractivity contribution >= 4 is 5.91 Å². The summed E-state index contributed by atoms with van der Waals surface area (Å²) in [6.45, 7) is 3.52. The average molecular weight is 219 g/mol. The summed E-state index contributed by atoms with van der Waals surface area (Å²) in [6.07, 6.45) is 0.694. The monoisotopic (exact) mass is 219 g/mol. The molecule has 0 radical (unpaired) electrons. The van der Waals surface area contributed by atoms with Crippen LogP contribution in [0, 0.1) is 0 Å². The maximum Gasteiger partial charge on any atom is 0.219 e. The number of aliphatic hydroxyl groups excluding tert-OH is 1. The molecular weight excluding hydrogens is 198 g/mol. The fourth-order valence-electron chi connectivity index (χ4n) is 0.987. The van der Waals surface area contributed by atoms with Crippen molar-refractivity contribution in [2.75, 3.05) is 33.5 Å². The number of hydrogen-bond acceptors (Lipinski definition) is 4. The van der Waals surface area contributed by atoms with Gasteiger partial charge in [-0.25, -0.2) is 0 Å². The van der Waals surface area contributed by atoms with Gasteiger partial charge in [-0.1, -0.05) is 6.92 Å². The van der Waals surface area contributed by atoms with Crippen LogP contribution in [0.4, 0.5) is 0 Å². The van der Waals surface area contributed by atoms with Crippen LogP contribution in [0.1, 0.15) is 19.8 Å². The van der Waals surface area contributed by atoms with Gasteiger partial charge in [-0.3, -0.25) is 4.79 Å². The molecule has 0 saturated heterocycles. The number of carbonyl (C=O) groups excluding carboxylic acids is 1. The van der Waals surface area contributed by atoms with Crippen LogP contribution in [0.25, 0.3) is 0 Å². The predicted octanol–water partition coefficient (Wildman–Crippen LogP) is -0.0734. The molecule has 0 aliphatic rings. The molecule has 2 N–H and O–H groups in total. The molecule has 90 valence electrons. The Kier molecular flexibility index (Phi) is 9.46. The minimum absolute atomic E-state index is 0.0504. The SMILES string of the molecule is CCC(=O)NCCCOCC(O)COC. The standard InChI is InChI=1S/C10H21NO4/c1-3-10(13)11-5-4-6-15-8-9(12)7-14-2/h9,12H,3-8H2,1-2H3,(H,11,13). The van der Waals surface area contributed by atoms with Crippen molar-refractivity contribution in [1.82, 2.24) is 5.32 Å². The number of methoxy groups -OCH3 is 1. The lowest BCUT2D eigenvalue weighted by Crippen LogP contribution is -2.25. The number of nitrogens with one attached hydrogen (secondary N) is 1. The molecule has 0 aliphatic heterocycles. The van der Waals surface area contributed by atoms with Gasteiger partial charge in [0.25, 0.3) is 0 Å². The van der Waals surface area contributed by atoms with Gasteiger partial charge in [0.05, 0.1) is 13.2 Å². The highest BCUT2D eigenvalue weighted by Crippen LogP contribution is 1.88. The predicted molar refractivity (Wildman–Crippen MR) is 56.6 cm³/mol. The van der Waals surface area contributed by atoms with E-state index < -0.39 is 6.10 Å². The van der Waals surface area contributed by atoms with E-state index in [1.165, 1.54) is 7.11 Å². The second kappa shape index (κ2) is 9.89. The van der Waals surface area contributed by atoms with Crippen LogP contribution in [-0.2, 0) is 14.3 Å². The molecule has 5 heteroatoms. The molecule has 0 rings (SSSR count). The zero-order valence-electron chi connectivity index (χ0n) is 9.49. The second-order valence-corrected chi connectivity index (χ2v) is 3.24. The number of hydrogen-bond donors (Lipinski definition) is 2. The smallest absolute Gasteiger partial charge is 0.219 e. The van der Waals surface area contributed by atoms with Crippen molar-refractivity contribution in [3.8, 4) is 0 Å². The average Bonchev–Trinajstić information content (AvgIpc) is 2.23. The highest BCUT2D eigenvalue weighted by Gasteiger charge is 2.02. The second-order valence-electron chi connectivity index (χ2n) is 3.24. The Balaban J connectivity index is 3.14. The van der Waals surface area contributed by atoms with E-state index in [2.05, 4.69) is 5.32 Å². The van der Waals surface area contributed by atoms with Crippen LogP contribution < -0.4 is 5.32 Å². The first-order valence-corrected chi connectivity index (χ1v) is 5.22. The summed E-state index contributed by atoms with van der Waals surface area (Å²) in [4.78, 5) is 10.8. The van der Waals surface area contributed by atoms with E-state index in [4.69, 9.17) is 9.47 Å². The van der Waals surface area contributed by atoms with E-state index in [0.717, 1.165) is 6.42 Å². The van der Waals surface area contributed by atoms with Gasteiger partial charge in [0.2, 0.25) is 5.91 Å². The Morgan fingerprint density at radius 1 is 1.47 bits per heavy atom. The summed E-state index contributed by atoms with van der Waals surface area (Å²) in [5, 5.41) is 12.0. The molecule has 0 aliphatic carbocycles. The number of carbonyl (C=O) groups is 1. The maximum atomic E-state index is 10.8. The van der Waals surface area contributed by atoms with E-state index >= 15 is 0 Å². The summed E-state index contributed by atoms with van der Waals surface area (Å²) in [5.74, 6) is 0.0504. The first-order chi connectivity index (χ1) is 7.20. The fourth-order valence-corrected chi connectivity index (χ4v) is 0.987. The van der Waals surface area contributed by atoms with Crippen molar-refractivity contribution < 1.29 is 19.4 Å². The molecule has 0 aromatic heterocycles. The highest BCUT2D eigenvalue weighted by atomic mass is 16.5. The van der Waals surface area contributed by atoms with Crippen molar-refractivity contribution in [3.63, 3.8) is 0 Å². The third kappa shape index (κ3) is 9.65. The molecule has 5 nitrogen and oxygen atoms in total. The summed E-state index contributed by atoms with van der Waals surface area (Å²) in [6, 6.07) is 0. The van der Waals surface area contributed by atoms with Gasteiger partial charge in [0.1, 0.15) is 6.10 Å². The molecule has 0 heterocycles. The molecule has 0 spiro atoms. The summed E-state index contributed by atoms with van der Waals surface area (Å²) >= 11 is 0. The van der Waals surface area contributed by atoms with E-state index in [0.29, 0.717) is 19.6 Å². The van der Waals surface area contributed by atoms with Crippen LogP contribution >= 0.6 is 0 Å². The molecule has 1 unspecified atom stereocenters. The maximum absolute atomic E-state index is 10.8. The van der Waals surface area contributed by atoms with Crippen LogP contribution in [0.15, 0.2) is 0 Å². The van der Waals surface area contributed by atoms with Gasteiger partial charge in [0.15, 0.2) is 0 Å². The number of amides is 1. The van der Waals surface area contributed by atoms with Crippen molar-refractivity contribution in [3.05, 3.63) is 0 Å². The zero-order valence-corrected chi connectivity index (χ0v) is 9.49. The molecular formula is C10H21NO4. The van der Waals surface area contributed by atoms with Gasteiger partial charge in [-0.15, -0.1) is 0 Å². The molecule has 1 amide bonds. The molecule has 0 saturated carbocycles. The van der Waals surface area contributed by atoms with Crippen molar-refractivity contribution in [1.29, 1.82) is 0 Å². The van der Waals surface area contributed by atoms with Crippen LogP contribution in [-0.4, -0.2) is 50.6 Å². The minimum atomic E-state index is -0.569. The zero-order chi connectivity index (χ0) is 11.5. The van der Waals surface area contributed by atoms with Gasteiger partial charge >= 0.3 is 0 Å². The van der Waals surface area contributed by atoms with E-state index in [1.807, 2.05) is 6.92 Å². The quantitative estimate of drug-likeness (QED) is 0.533. The van der Waals surface area contributed by atoms with Crippen LogP contribution in [0.3, 0.4) is 0 Å². The van der Waals surface area contributed by atoms with Gasteiger partial charge in [-0.2, -0.15) is 0 Å². The van der Waals surface area contributed by atoms with Gasteiger partial charge in [-0.05, 0) is 6.42 Å². The topological polar surface area (TPSA) is 67.8 Å². The Bertz CT molecular complexity index is 164. The van der Waals surface area contributed by atoms with E-state index in [9.17, 15) is 9.90 Å². The van der Waals surface area contributed by atoms with Gasteiger partial charge in [0, 0.05) is 26.7 Å². The van der Waals surface area contributed by atoms with Crippen LogP contribution in [0.5, 0.6) is 0 Å². The molecule has 0 aromatic rings. The molecule has 0 bridgehead atoms. The molecule has 0 aromatic carbocycles. The number of aliphatic hydroxyl groups is 1. The molecule has 1 atom stereocenters. The normalized spacial score (nSPS) is 12.5. The highest BCUT2D eigenvalue weighted by molar-refractivity contribution is 5.75. The first-order valence-electron chi connectivity index (χ1n) is 5.22. The third-order valence-electron chi connectivity index (χ3n) is 1.78. The van der Waals surface area contributed by atoms with Crippen molar-refractivity contribution in [2.24, 2.45) is 0 Å².